The number of aromatic nitrogens is 7. The van der Waals surface area contributed by atoms with Crippen molar-refractivity contribution in [3.8, 4) is 33.2 Å². The number of methoxy groups -OCH3 is 1. The number of H-pyrrole nitrogens is 2. The summed E-state index contributed by atoms with van der Waals surface area (Å²) in [6.45, 7) is 14.5. The van der Waals surface area contributed by atoms with Gasteiger partial charge in [-0.15, -0.1) is 0 Å². The van der Waals surface area contributed by atoms with Crippen molar-refractivity contribution in [2.45, 2.75) is 73.1 Å². The van der Waals surface area contributed by atoms with Crippen molar-refractivity contribution in [2.24, 2.45) is 0 Å². The van der Waals surface area contributed by atoms with Gasteiger partial charge >= 0.3 is 0 Å². The molecule has 0 spiro atoms. The minimum absolute atomic E-state index is 0.0303. The van der Waals surface area contributed by atoms with E-state index in [1.165, 1.54) is 51.1 Å². The third-order valence-corrected chi connectivity index (χ3v) is 8.55. The quantitative estimate of drug-likeness (QED) is 0.147. The largest absolute Gasteiger partial charge is 0.471 e. The Morgan fingerprint density at radius 2 is 1.30 bits per heavy atom. The molecular weight excluding hydrogens is 735 g/mol. The summed E-state index contributed by atoms with van der Waals surface area (Å²) < 4.78 is 5.67. The van der Waals surface area contributed by atoms with Crippen molar-refractivity contribution in [2.75, 3.05) is 53.4 Å². The first-order chi connectivity index (χ1) is 27.1. The van der Waals surface area contributed by atoms with Crippen LogP contribution in [0.4, 0.5) is 0 Å². The van der Waals surface area contributed by atoms with Gasteiger partial charge in [0.05, 0.1) is 68.5 Å². The van der Waals surface area contributed by atoms with Crippen LogP contribution >= 0.6 is 11.3 Å². The first-order valence-corrected chi connectivity index (χ1v) is 19.8. The highest BCUT2D eigenvalue weighted by atomic mass is 32.1. The van der Waals surface area contributed by atoms with Crippen molar-refractivity contribution >= 4 is 40.5 Å². The van der Waals surface area contributed by atoms with Gasteiger partial charge in [0, 0.05) is 38.7 Å². The van der Waals surface area contributed by atoms with Crippen molar-refractivity contribution in [3.63, 3.8) is 0 Å². The lowest BCUT2D eigenvalue weighted by molar-refractivity contribution is -0.131. The molecule has 0 atom stereocenters. The van der Waals surface area contributed by atoms with Crippen LogP contribution in [0.5, 0.6) is 0 Å². The fourth-order valence-corrected chi connectivity index (χ4v) is 5.92. The molecule has 56 heavy (non-hydrogen) atoms. The molecule has 7 rings (SSSR count). The molecule has 2 aliphatic heterocycles. The number of rotatable bonds is 8. The highest BCUT2D eigenvalue weighted by Crippen LogP contribution is 2.28. The number of imidazole rings is 3. The molecule has 0 radical (unpaired) electrons. The van der Waals surface area contributed by atoms with Gasteiger partial charge in [0.25, 0.3) is 6.47 Å². The molecule has 2 saturated heterocycles. The third-order valence-electron chi connectivity index (χ3n) is 7.59. The molecule has 1 aromatic carbocycles. The van der Waals surface area contributed by atoms with Crippen LogP contribution in [0.25, 0.3) is 38.2 Å². The van der Waals surface area contributed by atoms with Crippen LogP contribution in [0, 0.1) is 0 Å². The number of likely N-dealkylation sites (tertiary alicyclic amines) is 2. The molecule has 6 heterocycles. The van der Waals surface area contributed by atoms with Crippen LogP contribution in [-0.2, 0) is 23.9 Å². The van der Waals surface area contributed by atoms with Crippen LogP contribution < -0.4 is 10.6 Å². The molecule has 0 aliphatic carbocycles. The van der Waals surface area contributed by atoms with Gasteiger partial charge in [0.1, 0.15) is 0 Å². The van der Waals surface area contributed by atoms with E-state index < -0.39 is 0 Å². The second kappa shape index (κ2) is 27.2. The molecule has 306 valence electrons. The van der Waals surface area contributed by atoms with Crippen LogP contribution in [-0.4, -0.2) is 122 Å². The highest BCUT2D eigenvalue weighted by molar-refractivity contribution is 7.19. The Morgan fingerprint density at radius 1 is 0.821 bits per heavy atom. The molecule has 0 unspecified atom stereocenters. The van der Waals surface area contributed by atoms with E-state index in [2.05, 4.69) is 97.3 Å². The summed E-state index contributed by atoms with van der Waals surface area (Å²) in [7, 11) is 3.11. The molecule has 5 aromatic rings. The topological polar surface area (TPSA) is 196 Å². The van der Waals surface area contributed by atoms with Gasteiger partial charge in [-0.1, -0.05) is 76.1 Å². The first kappa shape index (κ1) is 46.7. The minimum atomic E-state index is -0.150. The normalized spacial score (nSPS) is 12.6. The Balaban J connectivity index is 0.000000285. The van der Waals surface area contributed by atoms with Crippen LogP contribution in [0.2, 0.25) is 0 Å². The Hall–Kier alpha value is -5.42. The summed E-state index contributed by atoms with van der Waals surface area (Å²) >= 11 is 1.53. The van der Waals surface area contributed by atoms with E-state index in [1.54, 1.807) is 35.3 Å². The van der Waals surface area contributed by atoms with E-state index in [0.717, 1.165) is 77.2 Å². The summed E-state index contributed by atoms with van der Waals surface area (Å²) in [5, 5.41) is 10.8. The van der Waals surface area contributed by atoms with Crippen molar-refractivity contribution in [1.82, 2.24) is 55.0 Å². The molecular formula is C39H59N11O5S. The van der Waals surface area contributed by atoms with Gasteiger partial charge in [-0.3, -0.25) is 19.2 Å². The summed E-state index contributed by atoms with van der Waals surface area (Å²) in [4.78, 5) is 65.3. The lowest BCUT2D eigenvalue weighted by Crippen LogP contribution is -2.37. The number of hydrogen-bond donors (Lipinski definition) is 4. The number of carbonyl (C=O) groups excluding carboxylic acids is 4. The van der Waals surface area contributed by atoms with Gasteiger partial charge in [-0.05, 0) is 38.3 Å². The molecule has 0 bridgehead atoms. The van der Waals surface area contributed by atoms with E-state index in [4.69, 9.17) is 4.79 Å². The number of nitrogens with zero attached hydrogens (tertiary/aromatic N) is 7. The third kappa shape index (κ3) is 16.5. The summed E-state index contributed by atoms with van der Waals surface area (Å²) in [5.74, 6) is 0.116. The molecule has 3 amide bonds. The Labute approximate surface area is 333 Å². The van der Waals surface area contributed by atoms with E-state index in [0.29, 0.717) is 13.0 Å². The van der Waals surface area contributed by atoms with Gasteiger partial charge in [0.15, 0.2) is 5.01 Å². The average molecular weight is 794 g/mol. The monoisotopic (exact) mass is 793 g/mol. The maximum atomic E-state index is 11.3. The SMILES string of the molecule is CC(=O)NCC(=O)N1CCCC1.CCC.CCC.CNCC(=O)N1CCCC1.COC=O.c1ncc(-c2ccc(-c3cn4nc(-c5cnc[nH]5)sc4n3)cc2)[nH]1. The minimum Gasteiger partial charge on any atom is -0.471 e. The number of benzene rings is 1. The predicted octanol–water partition coefficient (Wildman–Crippen LogP) is 5.43. The second-order valence-corrected chi connectivity index (χ2v) is 13.6. The fourth-order valence-electron chi connectivity index (χ4n) is 5.06. The number of fused-ring (bicyclic) bond motifs is 1. The number of aromatic amines is 2. The van der Waals surface area contributed by atoms with Gasteiger partial charge in [-0.25, -0.2) is 19.5 Å². The zero-order valence-corrected chi connectivity index (χ0v) is 34.7. The zero-order chi connectivity index (χ0) is 41.1. The molecule has 17 heteroatoms. The van der Waals surface area contributed by atoms with Gasteiger partial charge < -0.3 is 35.1 Å². The van der Waals surface area contributed by atoms with E-state index in [9.17, 15) is 14.4 Å². The summed E-state index contributed by atoms with van der Waals surface area (Å²) in [5.41, 5.74) is 4.95. The Kier molecular flexibility index (Phi) is 22.7. The number of likely N-dealkylation sites (N-methyl/N-ethyl adjacent to an activating group) is 1. The van der Waals surface area contributed by atoms with E-state index in [-0.39, 0.29) is 24.3 Å². The Bertz CT molecular complexity index is 1760. The maximum absolute atomic E-state index is 11.3. The number of ether oxygens (including phenoxy) is 1. The van der Waals surface area contributed by atoms with Gasteiger partial charge in [0.2, 0.25) is 22.7 Å². The van der Waals surface area contributed by atoms with Crippen molar-refractivity contribution < 1.29 is 23.9 Å². The predicted molar refractivity (Wildman–Crippen MR) is 221 cm³/mol. The van der Waals surface area contributed by atoms with Crippen molar-refractivity contribution in [1.29, 1.82) is 0 Å². The number of amides is 3. The van der Waals surface area contributed by atoms with Crippen LogP contribution in [0.1, 0.15) is 73.1 Å². The molecule has 2 fully saturated rings. The molecule has 4 N–H and O–H groups in total. The van der Waals surface area contributed by atoms with Crippen LogP contribution in [0.3, 0.4) is 0 Å². The lowest BCUT2D eigenvalue weighted by Gasteiger charge is -2.14. The number of hydrogen-bond acceptors (Lipinski definition) is 11. The lowest BCUT2D eigenvalue weighted by atomic mass is 10.1. The molecule has 16 nitrogen and oxygen atoms in total. The molecule has 2 aliphatic rings. The van der Waals surface area contributed by atoms with Gasteiger partial charge in [-0.2, -0.15) is 5.10 Å². The van der Waals surface area contributed by atoms with Crippen molar-refractivity contribution in [3.05, 3.63) is 55.5 Å². The fraction of sp³-hybridized carbons (Fsp3) is 0.487. The first-order valence-electron chi connectivity index (χ1n) is 19.0. The average Bonchev–Trinajstić information content (AvgIpc) is 4.05. The highest BCUT2D eigenvalue weighted by Gasteiger charge is 2.18. The second-order valence-electron chi connectivity index (χ2n) is 12.6. The zero-order valence-electron chi connectivity index (χ0n) is 33.8. The number of carbonyl (C=O) groups is 4. The van der Waals surface area contributed by atoms with Crippen LogP contribution in [0.15, 0.2) is 55.5 Å². The summed E-state index contributed by atoms with van der Waals surface area (Å²) in [6.07, 6.45) is 15.9. The Morgan fingerprint density at radius 3 is 1.73 bits per heavy atom. The smallest absolute Gasteiger partial charge is 0.292 e. The summed E-state index contributed by atoms with van der Waals surface area (Å²) in [6, 6.07) is 8.22. The number of nitrogens with one attached hydrogen (secondary N) is 4. The maximum Gasteiger partial charge on any atom is 0.292 e. The molecule has 4 aromatic heterocycles. The van der Waals surface area contributed by atoms with E-state index in [1.807, 2.05) is 17.3 Å². The standard InChI is InChI=1S/C16H11N7S.C8H14N2O2.C7H14N2O.2C3H8.C2H4O2/c1-3-11(4-2-10(1)12-5-17-8-19-12)14-7-23-16(21-14)24-15(22-23)13-6-18-9-20-13;1-7(11)9-6-8(12)10-4-2-3-5-10;1-8-6-7(10)9-4-2-3-5-9;2*1-3-2;1-4-2-3/h1-9H,(H,17,19)(H,18,20);2-6H2,1H3,(H,9,11);8H,2-6H2,1H3;2*3H2,1-2H3;2H,1H3. The van der Waals surface area contributed by atoms with E-state index >= 15 is 0 Å². The molecule has 0 saturated carbocycles.